The van der Waals surface area contributed by atoms with Crippen molar-refractivity contribution < 1.29 is 33.5 Å². The Morgan fingerprint density at radius 2 is 1.60 bits per heavy atom. The van der Waals surface area contributed by atoms with Gasteiger partial charge in [-0.25, -0.2) is 0 Å². The fourth-order valence-corrected chi connectivity index (χ4v) is 0. The largest absolute Gasteiger partial charge is 1.00 e. The van der Waals surface area contributed by atoms with Gasteiger partial charge in [0.15, 0.2) is 0 Å². The predicted octanol–water partition coefficient (Wildman–Crippen LogP) is -2.34. The average Bonchev–Trinajstić information content (AvgIpc) is 0.811. The van der Waals surface area contributed by atoms with Crippen molar-refractivity contribution in [3.05, 3.63) is 0 Å². The van der Waals surface area contributed by atoms with E-state index in [0.717, 1.165) is 0 Å². The number of hydrogen-bond acceptors (Lipinski definition) is 3. The SMILES string of the molecule is O=C([O-])[O-].[Cu+].[H+]. The Balaban J connectivity index is -0.0000000450. The molecule has 0 saturated heterocycles. The van der Waals surface area contributed by atoms with Crippen molar-refractivity contribution in [1.29, 1.82) is 0 Å². The van der Waals surface area contributed by atoms with Crippen molar-refractivity contribution in [2.75, 3.05) is 0 Å². The summed E-state index contributed by atoms with van der Waals surface area (Å²) in [7, 11) is 0. The molecule has 0 aromatic rings. The molecule has 0 atom stereocenters. The van der Waals surface area contributed by atoms with Gasteiger partial charge >= 0.3 is 18.5 Å². The van der Waals surface area contributed by atoms with Gasteiger partial charge in [0.1, 0.15) is 0 Å². The quantitative estimate of drug-likeness (QED) is 0.340. The summed E-state index contributed by atoms with van der Waals surface area (Å²) in [5.74, 6) is 0. The van der Waals surface area contributed by atoms with Gasteiger partial charge in [0.2, 0.25) is 0 Å². The molecule has 0 aromatic heterocycles. The maximum atomic E-state index is 8.33. The van der Waals surface area contributed by atoms with Gasteiger partial charge in [0.05, 0.1) is 0 Å². The van der Waals surface area contributed by atoms with Crippen LogP contribution >= 0.6 is 0 Å². The topological polar surface area (TPSA) is 63.2 Å². The van der Waals surface area contributed by atoms with Gasteiger partial charge in [0, 0.05) is 0 Å². The Morgan fingerprint density at radius 3 is 1.60 bits per heavy atom. The van der Waals surface area contributed by atoms with E-state index >= 15 is 0 Å². The summed E-state index contributed by atoms with van der Waals surface area (Å²) in [5.41, 5.74) is 0. The standard InChI is InChI=1S/CH2O3.Cu/c2-1(3)4;/h(H2,2,3,4);/q;+1/p-1. The van der Waals surface area contributed by atoms with Crippen LogP contribution in [0.3, 0.4) is 0 Å². The summed E-state index contributed by atoms with van der Waals surface area (Å²) in [5, 5.41) is 16.7. The molecule has 0 fully saturated rings. The summed E-state index contributed by atoms with van der Waals surface area (Å²) >= 11 is 0. The van der Waals surface area contributed by atoms with Crippen molar-refractivity contribution in [3.8, 4) is 0 Å². The molecule has 34 valence electrons. The van der Waals surface area contributed by atoms with E-state index in [-0.39, 0.29) is 18.5 Å². The van der Waals surface area contributed by atoms with Crippen molar-refractivity contribution in [1.82, 2.24) is 0 Å². The van der Waals surface area contributed by atoms with E-state index in [2.05, 4.69) is 0 Å². The molecule has 0 unspecified atom stereocenters. The molecule has 0 heterocycles. The van der Waals surface area contributed by atoms with Gasteiger partial charge in [-0.2, -0.15) is 0 Å². The Kier molecular flexibility index (Phi) is 6.70. The van der Waals surface area contributed by atoms with Crippen LogP contribution in [0.4, 0.5) is 4.79 Å². The molecule has 0 N–H and O–H groups in total. The molecular weight excluding hydrogens is 124 g/mol. The second kappa shape index (κ2) is 3.79. The van der Waals surface area contributed by atoms with Gasteiger partial charge in [-0.1, -0.05) is 0 Å². The number of hydrogen-bond donors (Lipinski definition) is 0. The van der Waals surface area contributed by atoms with E-state index in [4.69, 9.17) is 15.0 Å². The summed E-state index contributed by atoms with van der Waals surface area (Å²) < 4.78 is 0. The third-order valence-corrected chi connectivity index (χ3v) is 0. The fourth-order valence-electron chi connectivity index (χ4n) is 0. The summed E-state index contributed by atoms with van der Waals surface area (Å²) in [6, 6.07) is 0. The molecule has 0 aliphatic heterocycles. The Hall–Kier alpha value is -0.211. The van der Waals surface area contributed by atoms with Crippen LogP contribution in [0.1, 0.15) is 1.43 Å². The molecule has 0 spiro atoms. The van der Waals surface area contributed by atoms with Crippen molar-refractivity contribution >= 4 is 6.16 Å². The van der Waals surface area contributed by atoms with Gasteiger partial charge in [0.25, 0.3) is 0 Å². The minimum absolute atomic E-state index is 0. The van der Waals surface area contributed by atoms with E-state index < -0.39 is 6.16 Å². The molecule has 0 radical (unpaired) electrons. The smallest absolute Gasteiger partial charge is 0.652 e. The third-order valence-electron chi connectivity index (χ3n) is 0. The van der Waals surface area contributed by atoms with Gasteiger partial charge in [-0.3, -0.25) is 0 Å². The molecule has 0 aliphatic rings. The molecule has 4 heteroatoms. The molecule has 0 aliphatic carbocycles. The Morgan fingerprint density at radius 1 is 1.60 bits per heavy atom. The summed E-state index contributed by atoms with van der Waals surface area (Å²) in [4.78, 5) is 8.33. The molecular formula is CHCuO3. The molecule has 5 heavy (non-hydrogen) atoms. The normalized spacial score (nSPS) is 4.80. The monoisotopic (exact) mass is 124 g/mol. The van der Waals surface area contributed by atoms with Crippen LogP contribution in [0.15, 0.2) is 0 Å². The Labute approximate surface area is 40.6 Å². The van der Waals surface area contributed by atoms with Crippen LogP contribution in [-0.2, 0) is 17.1 Å². The van der Waals surface area contributed by atoms with Gasteiger partial charge < -0.3 is 15.0 Å². The summed E-state index contributed by atoms with van der Waals surface area (Å²) in [6.07, 6.45) is -2.33. The maximum Gasteiger partial charge on any atom is 1.00 e. The molecule has 0 rings (SSSR count). The Bertz CT molecular complexity index is 33.8. The molecule has 0 amide bonds. The van der Waals surface area contributed by atoms with Gasteiger partial charge in [-0.15, -0.1) is 0 Å². The first-order chi connectivity index (χ1) is 1.73. The van der Waals surface area contributed by atoms with Crippen LogP contribution < -0.4 is 10.2 Å². The predicted molar refractivity (Wildman–Crippen MR) is 6.51 cm³/mol. The van der Waals surface area contributed by atoms with Crippen LogP contribution in [0.25, 0.3) is 0 Å². The molecule has 0 aromatic carbocycles. The van der Waals surface area contributed by atoms with Crippen LogP contribution in [0.5, 0.6) is 0 Å². The fraction of sp³-hybridized carbons (Fsp3) is 0. The third kappa shape index (κ3) is 274. The average molecular weight is 125 g/mol. The zero-order chi connectivity index (χ0) is 3.58. The van der Waals surface area contributed by atoms with Crippen molar-refractivity contribution in [2.45, 2.75) is 0 Å². The van der Waals surface area contributed by atoms with Crippen molar-refractivity contribution in [2.24, 2.45) is 0 Å². The zero-order valence-corrected chi connectivity index (χ0v) is 2.97. The van der Waals surface area contributed by atoms with E-state index in [9.17, 15) is 0 Å². The number of carbonyl (C=O) groups is 1. The zero-order valence-electron chi connectivity index (χ0n) is 3.03. The van der Waals surface area contributed by atoms with E-state index in [0.29, 0.717) is 0 Å². The first-order valence-electron chi connectivity index (χ1n) is 0.612. The first kappa shape index (κ1) is 8.84. The number of carbonyl (C=O) groups excluding carboxylic acids is 1. The van der Waals surface area contributed by atoms with Crippen LogP contribution in [-0.4, -0.2) is 6.16 Å². The number of carboxylic acid groups (broad SMARTS) is 2. The van der Waals surface area contributed by atoms with E-state index in [1.54, 1.807) is 0 Å². The second-order valence-corrected chi connectivity index (χ2v) is 0.250. The minimum Gasteiger partial charge on any atom is -0.652 e. The minimum atomic E-state index is -2.33. The number of rotatable bonds is 0. The van der Waals surface area contributed by atoms with Crippen molar-refractivity contribution in [3.63, 3.8) is 0 Å². The second-order valence-electron chi connectivity index (χ2n) is 0.250. The molecule has 0 bridgehead atoms. The maximum absolute atomic E-state index is 8.33. The summed E-state index contributed by atoms with van der Waals surface area (Å²) in [6.45, 7) is 0. The van der Waals surface area contributed by atoms with Gasteiger partial charge in [-0.05, 0) is 6.16 Å². The van der Waals surface area contributed by atoms with Crippen LogP contribution in [0, 0.1) is 0 Å². The molecule has 3 nitrogen and oxygen atoms in total. The molecule has 0 saturated carbocycles. The first-order valence-corrected chi connectivity index (χ1v) is 0.612. The van der Waals surface area contributed by atoms with E-state index in [1.807, 2.05) is 0 Å². The van der Waals surface area contributed by atoms with Crippen LogP contribution in [0.2, 0.25) is 0 Å². The van der Waals surface area contributed by atoms with E-state index in [1.165, 1.54) is 0 Å².